The van der Waals surface area contributed by atoms with E-state index in [9.17, 15) is 8.42 Å². The van der Waals surface area contributed by atoms with E-state index in [0.29, 0.717) is 30.1 Å². The molecule has 0 radical (unpaired) electrons. The average molecular weight is 601 g/mol. The molecule has 4 aromatic rings. The van der Waals surface area contributed by atoms with Crippen LogP contribution in [0.1, 0.15) is 74.9 Å². The van der Waals surface area contributed by atoms with E-state index >= 15 is 0 Å². The van der Waals surface area contributed by atoms with Gasteiger partial charge in [-0.15, -0.1) is 0 Å². The van der Waals surface area contributed by atoms with Crippen molar-refractivity contribution in [2.45, 2.75) is 84.3 Å². The van der Waals surface area contributed by atoms with E-state index in [2.05, 4.69) is 28.7 Å². The summed E-state index contributed by atoms with van der Waals surface area (Å²) in [6, 6.07) is 8.94. The second-order valence-corrected chi connectivity index (χ2v) is 11.8. The number of aromatic nitrogens is 5. The van der Waals surface area contributed by atoms with Crippen LogP contribution in [0.4, 0.5) is 5.88 Å². The van der Waals surface area contributed by atoms with Crippen molar-refractivity contribution < 1.29 is 17.7 Å². The lowest BCUT2D eigenvalue weighted by Gasteiger charge is -2.15. The van der Waals surface area contributed by atoms with Crippen molar-refractivity contribution in [3.8, 4) is 11.3 Å². The first-order chi connectivity index (χ1) is 19.8. The fraction of sp³-hybridized carbons (Fsp3) is 0.448. The van der Waals surface area contributed by atoms with Gasteiger partial charge in [0.05, 0.1) is 18.8 Å². The summed E-state index contributed by atoms with van der Waals surface area (Å²) in [5, 5.41) is 8.64. The Bertz CT molecular complexity index is 1570. The Labute approximate surface area is 246 Å². The van der Waals surface area contributed by atoms with E-state index in [1.165, 1.54) is 6.07 Å². The van der Waals surface area contributed by atoms with Crippen LogP contribution in [0, 0.1) is 6.92 Å². The van der Waals surface area contributed by atoms with Gasteiger partial charge in [-0.25, -0.2) is 22.8 Å². The first-order valence-electron chi connectivity index (χ1n) is 14.0. The van der Waals surface area contributed by atoms with Crippen LogP contribution in [0.15, 0.2) is 45.9 Å². The lowest BCUT2D eigenvalue weighted by Crippen LogP contribution is -2.15. The number of sulfonamides is 1. The van der Waals surface area contributed by atoms with Crippen LogP contribution in [0.5, 0.6) is 0 Å². The van der Waals surface area contributed by atoms with Crippen molar-refractivity contribution >= 4 is 27.5 Å². The predicted octanol–water partition coefficient (Wildman–Crippen LogP) is 6.36. The van der Waals surface area contributed by atoms with Gasteiger partial charge in [-0.05, 0) is 49.9 Å². The summed E-state index contributed by atoms with van der Waals surface area (Å²) in [6.45, 7) is 9.22. The van der Waals surface area contributed by atoms with E-state index in [1.807, 2.05) is 29.8 Å². The Balaban J connectivity index is 1.70. The highest BCUT2D eigenvalue weighted by atomic mass is 35.5. The molecular formula is C29H37ClN6O4S. The van der Waals surface area contributed by atoms with Gasteiger partial charge in [-0.1, -0.05) is 61.6 Å². The third kappa shape index (κ3) is 7.52. The third-order valence-electron chi connectivity index (χ3n) is 6.60. The van der Waals surface area contributed by atoms with Crippen LogP contribution in [0.2, 0.25) is 5.02 Å². The molecule has 0 spiro atoms. The second-order valence-electron chi connectivity index (χ2n) is 9.80. The number of ether oxygens (including phenoxy) is 1. The minimum Gasteiger partial charge on any atom is -0.377 e. The standard InChI is InChI=1S/C29H37ClN6O4S/c1-5-8-12-25-32-26(13-9-6-2)36(33-25)18-21-14-15-23(22(17-21)19-39-7-3)28-24(11-10-16-31-28)41(37,38)35-29-27(30)20(4)34-40-29/h10-11,14-17,35H,5-9,12-13,18-19H2,1-4H3. The molecule has 0 atom stereocenters. The summed E-state index contributed by atoms with van der Waals surface area (Å²) in [5.74, 6) is 1.72. The van der Waals surface area contributed by atoms with Gasteiger partial charge in [-0.3, -0.25) is 4.98 Å². The van der Waals surface area contributed by atoms with Crippen molar-refractivity contribution in [2.75, 3.05) is 11.3 Å². The number of pyridine rings is 1. The van der Waals surface area contributed by atoms with Crippen molar-refractivity contribution in [1.82, 2.24) is 24.9 Å². The highest BCUT2D eigenvalue weighted by molar-refractivity contribution is 7.92. The molecule has 12 heteroatoms. The van der Waals surface area contributed by atoms with Gasteiger partial charge in [0.15, 0.2) is 5.82 Å². The number of aryl methyl sites for hydroxylation is 3. The van der Waals surface area contributed by atoms with Gasteiger partial charge >= 0.3 is 0 Å². The molecule has 0 aliphatic carbocycles. The lowest BCUT2D eigenvalue weighted by molar-refractivity contribution is 0.134. The Morgan fingerprint density at radius 1 is 1.10 bits per heavy atom. The first-order valence-corrected chi connectivity index (χ1v) is 15.9. The van der Waals surface area contributed by atoms with Crippen molar-refractivity contribution in [2.24, 2.45) is 0 Å². The van der Waals surface area contributed by atoms with Crippen LogP contribution >= 0.6 is 11.6 Å². The molecule has 10 nitrogen and oxygen atoms in total. The molecule has 3 heterocycles. The summed E-state index contributed by atoms with van der Waals surface area (Å²) in [7, 11) is -4.11. The molecule has 1 aromatic carbocycles. The van der Waals surface area contributed by atoms with Crippen molar-refractivity contribution in [3.63, 3.8) is 0 Å². The number of rotatable bonds is 15. The van der Waals surface area contributed by atoms with Crippen LogP contribution in [-0.4, -0.2) is 39.9 Å². The number of anilines is 1. The molecular weight excluding hydrogens is 564 g/mol. The topological polar surface area (TPSA) is 125 Å². The number of hydrogen-bond acceptors (Lipinski definition) is 8. The monoisotopic (exact) mass is 600 g/mol. The molecule has 220 valence electrons. The van der Waals surface area contributed by atoms with Crippen molar-refractivity contribution in [1.29, 1.82) is 0 Å². The molecule has 4 rings (SSSR count). The molecule has 0 saturated carbocycles. The summed E-state index contributed by atoms with van der Waals surface area (Å²) in [6.07, 6.45) is 7.56. The SMILES string of the molecule is CCCCc1nc(CCCC)n(Cc2ccc(-c3ncccc3S(=O)(=O)Nc3onc(C)c3Cl)c(COCC)c2)n1. The molecule has 3 aromatic heterocycles. The van der Waals surface area contributed by atoms with Crippen LogP contribution < -0.4 is 4.72 Å². The molecule has 0 aliphatic heterocycles. The van der Waals surface area contributed by atoms with Gasteiger partial charge in [0, 0.05) is 31.2 Å². The molecule has 0 bridgehead atoms. The maximum atomic E-state index is 13.4. The number of unbranched alkanes of at least 4 members (excludes halogenated alkanes) is 2. The summed E-state index contributed by atoms with van der Waals surface area (Å²) >= 11 is 6.16. The first kappa shape index (κ1) is 30.7. The minimum atomic E-state index is -4.11. The predicted molar refractivity (Wildman–Crippen MR) is 158 cm³/mol. The molecule has 0 unspecified atom stereocenters. The highest BCUT2D eigenvalue weighted by Crippen LogP contribution is 2.33. The van der Waals surface area contributed by atoms with E-state index in [0.717, 1.165) is 61.3 Å². The fourth-order valence-electron chi connectivity index (χ4n) is 4.40. The van der Waals surface area contributed by atoms with Gasteiger partial charge in [0.2, 0.25) is 0 Å². The Hall–Kier alpha value is -3.28. The summed E-state index contributed by atoms with van der Waals surface area (Å²) in [4.78, 5) is 9.27. The minimum absolute atomic E-state index is 0.0192. The molecule has 0 aliphatic rings. The molecule has 41 heavy (non-hydrogen) atoms. The zero-order chi connectivity index (χ0) is 29.4. The molecule has 0 fully saturated rings. The zero-order valence-corrected chi connectivity index (χ0v) is 25.6. The Morgan fingerprint density at radius 3 is 2.59 bits per heavy atom. The highest BCUT2D eigenvalue weighted by Gasteiger charge is 2.25. The van der Waals surface area contributed by atoms with E-state index in [-0.39, 0.29) is 22.4 Å². The number of hydrogen-bond donors (Lipinski definition) is 1. The van der Waals surface area contributed by atoms with Crippen LogP contribution in [0.3, 0.4) is 0 Å². The van der Waals surface area contributed by atoms with Gasteiger partial charge in [0.25, 0.3) is 15.9 Å². The lowest BCUT2D eigenvalue weighted by atomic mass is 10.0. The fourth-order valence-corrected chi connectivity index (χ4v) is 5.74. The quantitative estimate of drug-likeness (QED) is 0.167. The molecule has 0 saturated heterocycles. The maximum absolute atomic E-state index is 13.4. The average Bonchev–Trinajstić information content (AvgIpc) is 3.50. The van der Waals surface area contributed by atoms with Gasteiger partial charge < -0.3 is 9.26 Å². The van der Waals surface area contributed by atoms with Gasteiger partial charge in [-0.2, -0.15) is 5.10 Å². The zero-order valence-electron chi connectivity index (χ0n) is 24.0. The normalized spacial score (nSPS) is 11.7. The van der Waals surface area contributed by atoms with E-state index in [1.54, 1.807) is 19.2 Å². The van der Waals surface area contributed by atoms with E-state index < -0.39 is 10.0 Å². The second kappa shape index (κ2) is 14.1. The molecule has 0 amide bonds. The smallest absolute Gasteiger partial charge is 0.266 e. The maximum Gasteiger partial charge on any atom is 0.266 e. The number of benzene rings is 1. The van der Waals surface area contributed by atoms with Gasteiger partial charge in [0.1, 0.15) is 21.4 Å². The van der Waals surface area contributed by atoms with E-state index in [4.69, 9.17) is 30.9 Å². The number of halogens is 1. The van der Waals surface area contributed by atoms with Crippen LogP contribution in [-0.2, 0) is 40.8 Å². The van der Waals surface area contributed by atoms with Crippen molar-refractivity contribution in [3.05, 3.63) is 70.0 Å². The Morgan fingerprint density at radius 2 is 1.88 bits per heavy atom. The number of nitrogens with zero attached hydrogens (tertiary/aromatic N) is 5. The summed E-state index contributed by atoms with van der Waals surface area (Å²) < 4.78 is 42.1. The third-order valence-corrected chi connectivity index (χ3v) is 8.40. The largest absolute Gasteiger partial charge is 0.377 e. The summed E-state index contributed by atoms with van der Waals surface area (Å²) in [5.41, 5.74) is 3.15. The Kier molecular flexibility index (Phi) is 10.5. The van der Waals surface area contributed by atoms with Crippen LogP contribution in [0.25, 0.3) is 11.3 Å². The molecule has 1 N–H and O–H groups in total. The number of nitrogens with one attached hydrogen (secondary N) is 1.